The van der Waals surface area contributed by atoms with E-state index in [0.717, 1.165) is 64.8 Å². The maximum atomic E-state index is 12.4. The molecule has 2 heterocycles. The maximum Gasteiger partial charge on any atom is 0.236 e. The lowest BCUT2D eigenvalue weighted by Gasteiger charge is -2.38. The van der Waals surface area contributed by atoms with Crippen molar-refractivity contribution < 1.29 is 4.79 Å². The monoisotopic (exact) mass is 294 g/mol. The number of carbonyl (C=O) groups is 1. The molecule has 3 fully saturated rings. The topological polar surface area (TPSA) is 38.8 Å². The smallest absolute Gasteiger partial charge is 0.236 e. The summed E-state index contributed by atoms with van der Waals surface area (Å²) in [5, 5.41) is 3.36. The fourth-order valence-electron chi connectivity index (χ4n) is 3.94. The van der Waals surface area contributed by atoms with Crippen LogP contribution in [0.2, 0.25) is 0 Å². The number of piperazine rings is 1. The van der Waals surface area contributed by atoms with E-state index in [1.807, 2.05) is 4.90 Å². The highest BCUT2D eigenvalue weighted by molar-refractivity contribution is 5.78. The molecule has 0 aromatic carbocycles. The standard InChI is InChI=1S/C16H30N4O/c21-16(20-8-3-6-17-7-9-20)14-18-10-12-19(13-11-18)15-4-1-2-5-15/h15,17H,1-14H2. The molecule has 2 saturated heterocycles. The second-order valence-corrected chi connectivity index (χ2v) is 6.73. The van der Waals surface area contributed by atoms with E-state index in [4.69, 9.17) is 0 Å². The van der Waals surface area contributed by atoms with Crippen molar-refractivity contribution in [2.24, 2.45) is 0 Å². The van der Waals surface area contributed by atoms with Crippen molar-refractivity contribution in [3.63, 3.8) is 0 Å². The molecule has 1 amide bonds. The minimum Gasteiger partial charge on any atom is -0.340 e. The van der Waals surface area contributed by atoms with E-state index in [9.17, 15) is 4.79 Å². The Morgan fingerprint density at radius 2 is 1.67 bits per heavy atom. The van der Waals surface area contributed by atoms with Gasteiger partial charge in [-0.05, 0) is 25.8 Å². The van der Waals surface area contributed by atoms with Gasteiger partial charge in [-0.2, -0.15) is 0 Å². The quantitative estimate of drug-likeness (QED) is 0.816. The number of nitrogens with zero attached hydrogens (tertiary/aromatic N) is 3. The first-order chi connectivity index (χ1) is 10.3. The predicted molar refractivity (Wildman–Crippen MR) is 84.3 cm³/mol. The molecule has 0 atom stereocenters. The number of nitrogens with one attached hydrogen (secondary N) is 1. The molecular formula is C16H30N4O. The summed E-state index contributed by atoms with van der Waals surface area (Å²) in [5.74, 6) is 0.327. The Morgan fingerprint density at radius 3 is 2.43 bits per heavy atom. The number of hydrogen-bond acceptors (Lipinski definition) is 4. The van der Waals surface area contributed by atoms with Crippen molar-refractivity contribution in [2.45, 2.75) is 38.1 Å². The van der Waals surface area contributed by atoms with Crippen LogP contribution in [0.1, 0.15) is 32.1 Å². The van der Waals surface area contributed by atoms with E-state index >= 15 is 0 Å². The molecule has 21 heavy (non-hydrogen) atoms. The Morgan fingerprint density at radius 1 is 0.905 bits per heavy atom. The van der Waals surface area contributed by atoms with Gasteiger partial charge >= 0.3 is 0 Å². The largest absolute Gasteiger partial charge is 0.340 e. The molecule has 0 unspecified atom stereocenters. The Balaban J connectivity index is 1.40. The highest BCUT2D eigenvalue weighted by Crippen LogP contribution is 2.24. The van der Waals surface area contributed by atoms with Crippen molar-refractivity contribution in [3.8, 4) is 0 Å². The molecule has 120 valence electrons. The van der Waals surface area contributed by atoms with Crippen molar-refractivity contribution in [1.82, 2.24) is 20.0 Å². The number of hydrogen-bond donors (Lipinski definition) is 1. The number of carbonyl (C=O) groups excluding carboxylic acids is 1. The SMILES string of the molecule is O=C(CN1CCN(C2CCCC2)CC1)N1CCCNCC1. The molecule has 0 bridgehead atoms. The lowest BCUT2D eigenvalue weighted by atomic mass is 10.2. The molecule has 0 radical (unpaired) electrons. The summed E-state index contributed by atoms with van der Waals surface area (Å²) in [7, 11) is 0. The molecule has 1 saturated carbocycles. The molecule has 5 nitrogen and oxygen atoms in total. The van der Waals surface area contributed by atoms with Gasteiger partial charge in [-0.3, -0.25) is 14.6 Å². The fourth-order valence-corrected chi connectivity index (χ4v) is 3.94. The molecule has 1 N–H and O–H groups in total. The minimum absolute atomic E-state index is 0.327. The van der Waals surface area contributed by atoms with Crippen LogP contribution in [0.4, 0.5) is 0 Å². The molecule has 0 aromatic heterocycles. The lowest BCUT2D eigenvalue weighted by molar-refractivity contribution is -0.132. The van der Waals surface area contributed by atoms with Gasteiger partial charge < -0.3 is 10.2 Å². The summed E-state index contributed by atoms with van der Waals surface area (Å²) in [6.07, 6.45) is 6.68. The summed E-state index contributed by atoms with van der Waals surface area (Å²) in [5.41, 5.74) is 0. The van der Waals surface area contributed by atoms with Crippen molar-refractivity contribution in [2.75, 3.05) is 58.9 Å². The van der Waals surface area contributed by atoms with Crippen LogP contribution in [-0.2, 0) is 4.79 Å². The minimum atomic E-state index is 0.327. The van der Waals surface area contributed by atoms with Crippen LogP contribution < -0.4 is 5.32 Å². The van der Waals surface area contributed by atoms with Gasteiger partial charge in [0.2, 0.25) is 5.91 Å². The maximum absolute atomic E-state index is 12.4. The third-order valence-corrected chi connectivity index (χ3v) is 5.30. The molecule has 5 heteroatoms. The van der Waals surface area contributed by atoms with Crippen LogP contribution in [0.3, 0.4) is 0 Å². The van der Waals surface area contributed by atoms with Gasteiger partial charge in [0.15, 0.2) is 0 Å². The molecule has 0 aromatic rings. The number of amides is 1. The van der Waals surface area contributed by atoms with E-state index in [1.54, 1.807) is 0 Å². The summed E-state index contributed by atoms with van der Waals surface area (Å²) < 4.78 is 0. The van der Waals surface area contributed by atoms with Gasteiger partial charge in [0.05, 0.1) is 6.54 Å². The zero-order valence-corrected chi connectivity index (χ0v) is 13.2. The summed E-state index contributed by atoms with van der Waals surface area (Å²) in [6.45, 7) is 8.85. The molecular weight excluding hydrogens is 264 g/mol. The van der Waals surface area contributed by atoms with Crippen LogP contribution in [0.25, 0.3) is 0 Å². The average Bonchev–Trinajstić information content (AvgIpc) is 2.90. The molecule has 0 spiro atoms. The third-order valence-electron chi connectivity index (χ3n) is 5.30. The zero-order chi connectivity index (χ0) is 14.5. The Labute approximate surface area is 128 Å². The van der Waals surface area contributed by atoms with Gasteiger partial charge in [0, 0.05) is 51.9 Å². The van der Waals surface area contributed by atoms with Gasteiger partial charge in [0.1, 0.15) is 0 Å². The van der Waals surface area contributed by atoms with E-state index in [1.165, 1.54) is 25.7 Å². The second-order valence-electron chi connectivity index (χ2n) is 6.73. The fraction of sp³-hybridized carbons (Fsp3) is 0.938. The summed E-state index contributed by atoms with van der Waals surface area (Å²) >= 11 is 0. The van der Waals surface area contributed by atoms with Crippen LogP contribution in [0, 0.1) is 0 Å². The zero-order valence-electron chi connectivity index (χ0n) is 13.2. The Hall–Kier alpha value is -0.650. The van der Waals surface area contributed by atoms with E-state index in [-0.39, 0.29) is 0 Å². The van der Waals surface area contributed by atoms with Gasteiger partial charge in [-0.1, -0.05) is 12.8 Å². The molecule has 2 aliphatic heterocycles. The van der Waals surface area contributed by atoms with Crippen LogP contribution in [-0.4, -0.2) is 85.6 Å². The van der Waals surface area contributed by atoms with Crippen molar-refractivity contribution >= 4 is 5.91 Å². The summed E-state index contributed by atoms with van der Waals surface area (Å²) in [6, 6.07) is 0.833. The molecule has 1 aliphatic carbocycles. The average molecular weight is 294 g/mol. The first-order valence-corrected chi connectivity index (χ1v) is 8.78. The third kappa shape index (κ3) is 4.18. The van der Waals surface area contributed by atoms with Crippen LogP contribution in [0.5, 0.6) is 0 Å². The van der Waals surface area contributed by atoms with Crippen LogP contribution >= 0.6 is 0 Å². The first kappa shape index (κ1) is 15.3. The van der Waals surface area contributed by atoms with Gasteiger partial charge in [-0.25, -0.2) is 0 Å². The Kier molecular flexibility index (Phi) is 5.49. The van der Waals surface area contributed by atoms with Gasteiger partial charge in [0.25, 0.3) is 0 Å². The van der Waals surface area contributed by atoms with Gasteiger partial charge in [-0.15, -0.1) is 0 Å². The van der Waals surface area contributed by atoms with E-state index in [0.29, 0.717) is 12.5 Å². The highest BCUT2D eigenvalue weighted by atomic mass is 16.2. The van der Waals surface area contributed by atoms with E-state index in [2.05, 4.69) is 15.1 Å². The van der Waals surface area contributed by atoms with E-state index < -0.39 is 0 Å². The molecule has 3 rings (SSSR count). The van der Waals surface area contributed by atoms with Crippen LogP contribution in [0.15, 0.2) is 0 Å². The predicted octanol–water partition coefficient (Wildman–Crippen LogP) is 0.369. The molecule has 3 aliphatic rings. The van der Waals surface area contributed by atoms with Crippen molar-refractivity contribution in [3.05, 3.63) is 0 Å². The number of rotatable bonds is 3. The first-order valence-electron chi connectivity index (χ1n) is 8.78. The summed E-state index contributed by atoms with van der Waals surface area (Å²) in [4.78, 5) is 19.5. The highest BCUT2D eigenvalue weighted by Gasteiger charge is 2.27. The van der Waals surface area contributed by atoms with Crippen molar-refractivity contribution in [1.29, 1.82) is 0 Å². The normalized spacial score (nSPS) is 27.0. The Bertz CT molecular complexity index is 327. The second kappa shape index (κ2) is 7.56. The lowest BCUT2D eigenvalue weighted by Crippen LogP contribution is -2.52.